The second-order valence-corrected chi connectivity index (χ2v) is 4.43. The number of hydrazine groups is 1. The number of hydrogen-bond acceptors (Lipinski definition) is 8. The maximum Gasteiger partial charge on any atom is 0.323 e. The highest BCUT2D eigenvalue weighted by Gasteiger charge is 2.29. The SMILES string of the molecule is CCOc1nc(NN)nc(N2CCCCC2C(N)=O)n1. The summed E-state index contributed by atoms with van der Waals surface area (Å²) in [5, 5.41) is 0. The van der Waals surface area contributed by atoms with Crippen molar-refractivity contribution in [3.8, 4) is 6.01 Å². The quantitative estimate of drug-likeness (QED) is 0.481. The number of anilines is 2. The van der Waals surface area contributed by atoms with Crippen LogP contribution in [0.5, 0.6) is 6.01 Å². The van der Waals surface area contributed by atoms with E-state index in [0.29, 0.717) is 25.5 Å². The Labute approximate surface area is 116 Å². The minimum Gasteiger partial charge on any atom is -0.464 e. The number of piperidine rings is 1. The topological polar surface area (TPSA) is 132 Å². The van der Waals surface area contributed by atoms with Crippen LogP contribution in [0.15, 0.2) is 0 Å². The number of nitrogens with zero attached hydrogens (tertiary/aromatic N) is 4. The van der Waals surface area contributed by atoms with Gasteiger partial charge in [-0.3, -0.25) is 10.2 Å². The average Bonchev–Trinajstić information content (AvgIpc) is 2.47. The molecular formula is C11H19N7O2. The third-order valence-electron chi connectivity index (χ3n) is 3.09. The van der Waals surface area contributed by atoms with Crippen LogP contribution in [0.3, 0.4) is 0 Å². The molecule has 0 bridgehead atoms. The van der Waals surface area contributed by atoms with Gasteiger partial charge in [0, 0.05) is 6.54 Å². The number of nitrogens with two attached hydrogens (primary N) is 2. The minimum atomic E-state index is -0.411. The van der Waals surface area contributed by atoms with E-state index in [-0.39, 0.29) is 17.9 Å². The Kier molecular flexibility index (Phi) is 4.51. The lowest BCUT2D eigenvalue weighted by atomic mass is 10.0. The smallest absolute Gasteiger partial charge is 0.323 e. The van der Waals surface area contributed by atoms with E-state index in [1.165, 1.54) is 0 Å². The molecule has 1 aliphatic rings. The van der Waals surface area contributed by atoms with Crippen molar-refractivity contribution in [2.45, 2.75) is 32.2 Å². The molecule has 1 fully saturated rings. The van der Waals surface area contributed by atoms with Crippen molar-refractivity contribution < 1.29 is 9.53 Å². The molecule has 9 heteroatoms. The van der Waals surface area contributed by atoms with Crippen LogP contribution in [-0.2, 0) is 4.79 Å². The van der Waals surface area contributed by atoms with E-state index in [4.69, 9.17) is 16.3 Å². The van der Waals surface area contributed by atoms with Crippen molar-refractivity contribution in [2.75, 3.05) is 23.5 Å². The summed E-state index contributed by atoms with van der Waals surface area (Å²) >= 11 is 0. The first-order valence-corrected chi connectivity index (χ1v) is 6.57. The normalized spacial score (nSPS) is 18.7. The molecule has 1 amide bonds. The lowest BCUT2D eigenvalue weighted by Gasteiger charge is -2.33. The summed E-state index contributed by atoms with van der Waals surface area (Å²) in [6, 6.07) is -0.245. The molecule has 1 aliphatic heterocycles. The summed E-state index contributed by atoms with van der Waals surface area (Å²) in [6.07, 6.45) is 2.59. The minimum absolute atomic E-state index is 0.166. The number of aromatic nitrogens is 3. The summed E-state index contributed by atoms with van der Waals surface area (Å²) in [5.41, 5.74) is 7.80. The molecule has 0 spiro atoms. The lowest BCUT2D eigenvalue weighted by molar-refractivity contribution is -0.119. The average molecular weight is 281 g/mol. The van der Waals surface area contributed by atoms with Crippen LogP contribution in [0.4, 0.5) is 11.9 Å². The van der Waals surface area contributed by atoms with Gasteiger partial charge in [-0.2, -0.15) is 15.0 Å². The van der Waals surface area contributed by atoms with Gasteiger partial charge in [0.25, 0.3) is 0 Å². The van der Waals surface area contributed by atoms with Gasteiger partial charge in [-0.05, 0) is 26.2 Å². The molecule has 1 aromatic heterocycles. The number of nitrogen functional groups attached to an aromatic ring is 1. The summed E-state index contributed by atoms with van der Waals surface area (Å²) in [4.78, 5) is 25.7. The first-order chi connectivity index (χ1) is 9.65. The Morgan fingerprint density at radius 1 is 1.45 bits per heavy atom. The molecule has 5 N–H and O–H groups in total. The van der Waals surface area contributed by atoms with Crippen LogP contribution in [0, 0.1) is 0 Å². The van der Waals surface area contributed by atoms with Crippen molar-refractivity contribution in [3.05, 3.63) is 0 Å². The fourth-order valence-electron chi connectivity index (χ4n) is 2.20. The van der Waals surface area contributed by atoms with E-state index in [9.17, 15) is 4.79 Å². The number of hydrogen-bond donors (Lipinski definition) is 3. The zero-order chi connectivity index (χ0) is 14.5. The van der Waals surface area contributed by atoms with Crippen molar-refractivity contribution in [3.63, 3.8) is 0 Å². The molecule has 0 radical (unpaired) electrons. The monoisotopic (exact) mass is 281 g/mol. The summed E-state index contributed by atoms with van der Waals surface area (Å²) < 4.78 is 5.27. The predicted octanol–water partition coefficient (Wildman–Crippen LogP) is -0.600. The van der Waals surface area contributed by atoms with Crippen LogP contribution < -0.4 is 26.6 Å². The van der Waals surface area contributed by atoms with Gasteiger partial charge >= 0.3 is 6.01 Å². The molecular weight excluding hydrogens is 262 g/mol. The lowest BCUT2D eigenvalue weighted by Crippen LogP contribution is -2.48. The van der Waals surface area contributed by atoms with Crippen molar-refractivity contribution in [2.24, 2.45) is 11.6 Å². The molecule has 20 heavy (non-hydrogen) atoms. The molecule has 2 heterocycles. The number of nitrogens with one attached hydrogen (secondary N) is 1. The molecule has 2 rings (SSSR count). The predicted molar refractivity (Wildman–Crippen MR) is 73.0 cm³/mol. The van der Waals surface area contributed by atoms with Gasteiger partial charge in [-0.1, -0.05) is 0 Å². The summed E-state index contributed by atoms with van der Waals surface area (Å²) in [5.74, 6) is 5.49. The molecule has 1 atom stereocenters. The first kappa shape index (κ1) is 14.3. The number of ether oxygens (including phenoxy) is 1. The molecule has 0 aliphatic carbocycles. The van der Waals surface area contributed by atoms with E-state index in [0.717, 1.165) is 12.8 Å². The highest BCUT2D eigenvalue weighted by molar-refractivity contribution is 5.83. The van der Waals surface area contributed by atoms with E-state index in [1.807, 2.05) is 6.92 Å². The fraction of sp³-hybridized carbons (Fsp3) is 0.636. The second kappa shape index (κ2) is 6.33. The Balaban J connectivity index is 2.33. The van der Waals surface area contributed by atoms with Crippen molar-refractivity contribution >= 4 is 17.8 Å². The Hall–Kier alpha value is -2.16. The van der Waals surface area contributed by atoms with Gasteiger partial charge in [-0.15, -0.1) is 0 Å². The Morgan fingerprint density at radius 2 is 2.25 bits per heavy atom. The van der Waals surface area contributed by atoms with Crippen LogP contribution in [-0.4, -0.2) is 40.1 Å². The third-order valence-corrected chi connectivity index (χ3v) is 3.09. The molecule has 1 saturated heterocycles. The number of carbonyl (C=O) groups excluding carboxylic acids is 1. The third kappa shape index (κ3) is 3.05. The fourth-order valence-corrected chi connectivity index (χ4v) is 2.20. The first-order valence-electron chi connectivity index (χ1n) is 6.57. The van der Waals surface area contributed by atoms with E-state index in [2.05, 4.69) is 20.4 Å². The zero-order valence-electron chi connectivity index (χ0n) is 11.4. The van der Waals surface area contributed by atoms with E-state index < -0.39 is 6.04 Å². The number of carbonyl (C=O) groups is 1. The van der Waals surface area contributed by atoms with Gasteiger partial charge in [-0.25, -0.2) is 5.84 Å². The molecule has 1 aromatic rings. The summed E-state index contributed by atoms with van der Waals surface area (Å²) in [6.45, 7) is 2.91. The Bertz CT molecular complexity index is 482. The highest BCUT2D eigenvalue weighted by atomic mass is 16.5. The summed E-state index contributed by atoms with van der Waals surface area (Å²) in [7, 11) is 0. The van der Waals surface area contributed by atoms with Crippen LogP contribution >= 0.6 is 0 Å². The molecule has 1 unspecified atom stereocenters. The number of amides is 1. The van der Waals surface area contributed by atoms with Crippen LogP contribution in [0.1, 0.15) is 26.2 Å². The van der Waals surface area contributed by atoms with Crippen LogP contribution in [0.25, 0.3) is 0 Å². The largest absolute Gasteiger partial charge is 0.464 e. The van der Waals surface area contributed by atoms with Crippen LogP contribution in [0.2, 0.25) is 0 Å². The van der Waals surface area contributed by atoms with Crippen molar-refractivity contribution in [1.29, 1.82) is 0 Å². The standard InChI is InChI=1S/C11H19N7O2/c1-2-20-11-15-9(17-13)14-10(16-11)18-6-4-3-5-7(18)8(12)19/h7H,2-6,13H2,1H3,(H2,12,19)(H,14,15,16,17). The van der Waals surface area contributed by atoms with E-state index in [1.54, 1.807) is 4.90 Å². The molecule has 0 aromatic carbocycles. The highest BCUT2D eigenvalue weighted by Crippen LogP contribution is 2.23. The Morgan fingerprint density at radius 3 is 2.90 bits per heavy atom. The number of primary amides is 1. The number of rotatable bonds is 5. The molecule has 9 nitrogen and oxygen atoms in total. The van der Waals surface area contributed by atoms with Gasteiger partial charge in [0.05, 0.1) is 6.61 Å². The van der Waals surface area contributed by atoms with Gasteiger partial charge < -0.3 is 15.4 Å². The second-order valence-electron chi connectivity index (χ2n) is 4.43. The van der Waals surface area contributed by atoms with E-state index >= 15 is 0 Å². The van der Waals surface area contributed by atoms with Gasteiger partial charge in [0.15, 0.2) is 0 Å². The molecule has 110 valence electrons. The van der Waals surface area contributed by atoms with Gasteiger partial charge in [0.2, 0.25) is 17.8 Å². The zero-order valence-corrected chi connectivity index (χ0v) is 11.4. The van der Waals surface area contributed by atoms with Crippen molar-refractivity contribution in [1.82, 2.24) is 15.0 Å². The maximum atomic E-state index is 11.5. The molecule has 0 saturated carbocycles. The van der Waals surface area contributed by atoms with Gasteiger partial charge in [0.1, 0.15) is 6.04 Å². The maximum absolute atomic E-state index is 11.5.